The molecule has 5 nitrogen and oxygen atoms in total. The van der Waals surface area contributed by atoms with Gasteiger partial charge in [-0.15, -0.1) is 5.10 Å². The summed E-state index contributed by atoms with van der Waals surface area (Å²) in [5, 5.41) is 8.32. The summed E-state index contributed by atoms with van der Waals surface area (Å²) in [5.74, 6) is 0.139. The minimum absolute atomic E-state index is 0.0188. The zero-order valence-corrected chi connectivity index (χ0v) is 13.6. The van der Waals surface area contributed by atoms with Crippen molar-refractivity contribution in [1.82, 2.24) is 15.2 Å². The summed E-state index contributed by atoms with van der Waals surface area (Å²) < 4.78 is 38.4. The van der Waals surface area contributed by atoms with E-state index >= 15 is 0 Å². The lowest BCUT2D eigenvalue weighted by Gasteiger charge is -2.13. The van der Waals surface area contributed by atoms with E-state index in [-0.39, 0.29) is 5.69 Å². The highest BCUT2D eigenvalue weighted by Crippen LogP contribution is 2.36. The molecule has 0 spiro atoms. The number of nitrogens with one attached hydrogen (secondary N) is 2. The first-order valence-electron chi connectivity index (χ1n) is 6.40. The average molecular weight is 365 g/mol. The lowest BCUT2D eigenvalue weighted by atomic mass is 10.2. The maximum Gasteiger partial charge on any atom is 0.417 e. The molecule has 1 atom stereocenters. The summed E-state index contributed by atoms with van der Waals surface area (Å²) in [6.45, 7) is 3.32. The van der Waals surface area contributed by atoms with Crippen molar-refractivity contribution in [1.29, 1.82) is 0 Å². The number of alkyl halides is 3. The van der Waals surface area contributed by atoms with Gasteiger partial charge in [-0.1, -0.05) is 23.4 Å². The predicted octanol–water partition coefficient (Wildman–Crippen LogP) is 3.90. The summed E-state index contributed by atoms with van der Waals surface area (Å²) in [6, 6.07) is 3.20. The van der Waals surface area contributed by atoms with E-state index in [1.54, 1.807) is 13.8 Å². The number of aryl methyl sites for hydroxylation is 1. The van der Waals surface area contributed by atoms with Crippen LogP contribution in [0.1, 0.15) is 18.3 Å². The molecule has 2 N–H and O–H groups in total. The fourth-order valence-electron chi connectivity index (χ4n) is 1.65. The normalized spacial score (nSPS) is 13.0. The number of aromatic amines is 1. The van der Waals surface area contributed by atoms with Gasteiger partial charge >= 0.3 is 6.18 Å². The van der Waals surface area contributed by atoms with Gasteiger partial charge in [-0.25, -0.2) is 4.98 Å². The largest absolute Gasteiger partial charge is 0.417 e. The third-order valence-electron chi connectivity index (χ3n) is 2.77. The van der Waals surface area contributed by atoms with Crippen LogP contribution in [0.5, 0.6) is 0 Å². The maximum absolute atomic E-state index is 12.8. The molecule has 0 saturated carbocycles. The molecule has 23 heavy (non-hydrogen) atoms. The van der Waals surface area contributed by atoms with Crippen molar-refractivity contribution in [3.05, 3.63) is 34.6 Å². The van der Waals surface area contributed by atoms with Crippen LogP contribution in [0.25, 0.3) is 0 Å². The van der Waals surface area contributed by atoms with Crippen molar-refractivity contribution in [2.75, 3.05) is 5.32 Å². The number of carbonyl (C=O) groups is 1. The molecule has 0 aliphatic carbocycles. The molecule has 2 aromatic rings. The van der Waals surface area contributed by atoms with Gasteiger partial charge in [0.1, 0.15) is 5.82 Å². The summed E-state index contributed by atoms with van der Waals surface area (Å²) in [6.07, 6.45) is -4.59. The fourth-order valence-corrected chi connectivity index (χ4v) is 2.65. The van der Waals surface area contributed by atoms with Gasteiger partial charge in [-0.2, -0.15) is 13.2 Å². The molecule has 1 aromatic heterocycles. The van der Waals surface area contributed by atoms with Crippen molar-refractivity contribution in [2.24, 2.45) is 0 Å². The Morgan fingerprint density at radius 1 is 1.43 bits per heavy atom. The lowest BCUT2D eigenvalue weighted by molar-refractivity contribution is -0.137. The third-order valence-corrected chi connectivity index (χ3v) is 4.06. The van der Waals surface area contributed by atoms with Gasteiger partial charge in [0.2, 0.25) is 11.1 Å². The second-order valence-corrected chi connectivity index (χ2v) is 6.36. The summed E-state index contributed by atoms with van der Waals surface area (Å²) in [7, 11) is 0. The Hall–Kier alpha value is -1.74. The van der Waals surface area contributed by atoms with Gasteiger partial charge in [0.25, 0.3) is 0 Å². The Labute approximate surface area is 139 Å². The first-order valence-corrected chi connectivity index (χ1v) is 7.66. The molecule has 2 rings (SSSR count). The second kappa shape index (κ2) is 6.79. The molecular formula is C13H12ClF3N4OS. The number of hydrogen-bond acceptors (Lipinski definition) is 4. The topological polar surface area (TPSA) is 70.7 Å². The molecule has 1 unspecified atom stereocenters. The van der Waals surface area contributed by atoms with Crippen LogP contribution in [0.3, 0.4) is 0 Å². The zero-order chi connectivity index (χ0) is 17.2. The Morgan fingerprint density at radius 3 is 2.70 bits per heavy atom. The van der Waals surface area contributed by atoms with Gasteiger partial charge in [0, 0.05) is 5.69 Å². The second-order valence-electron chi connectivity index (χ2n) is 4.65. The van der Waals surface area contributed by atoms with Crippen molar-refractivity contribution in [3.8, 4) is 0 Å². The van der Waals surface area contributed by atoms with E-state index in [1.165, 1.54) is 6.07 Å². The van der Waals surface area contributed by atoms with Crippen LogP contribution in [0.4, 0.5) is 18.9 Å². The van der Waals surface area contributed by atoms with E-state index in [0.717, 1.165) is 23.9 Å². The number of carbonyl (C=O) groups excluding carboxylic acids is 1. The molecule has 0 aliphatic heterocycles. The van der Waals surface area contributed by atoms with Crippen molar-refractivity contribution < 1.29 is 18.0 Å². The summed E-state index contributed by atoms with van der Waals surface area (Å²) in [5.41, 5.74) is -0.979. The van der Waals surface area contributed by atoms with E-state index in [9.17, 15) is 18.0 Å². The van der Waals surface area contributed by atoms with Crippen LogP contribution in [0.15, 0.2) is 23.4 Å². The molecule has 1 amide bonds. The molecule has 0 fully saturated rings. The van der Waals surface area contributed by atoms with Crippen LogP contribution in [-0.4, -0.2) is 26.3 Å². The Morgan fingerprint density at radius 2 is 2.13 bits per heavy atom. The lowest BCUT2D eigenvalue weighted by Crippen LogP contribution is -2.22. The van der Waals surface area contributed by atoms with Gasteiger partial charge in [-0.05, 0) is 32.0 Å². The first-order chi connectivity index (χ1) is 10.7. The van der Waals surface area contributed by atoms with Crippen LogP contribution < -0.4 is 5.32 Å². The molecule has 0 radical (unpaired) electrons. The zero-order valence-electron chi connectivity index (χ0n) is 12.0. The number of benzene rings is 1. The van der Waals surface area contributed by atoms with E-state index < -0.39 is 27.9 Å². The van der Waals surface area contributed by atoms with Crippen LogP contribution in [0, 0.1) is 6.92 Å². The predicted molar refractivity (Wildman–Crippen MR) is 81.5 cm³/mol. The van der Waals surface area contributed by atoms with Crippen LogP contribution in [-0.2, 0) is 11.0 Å². The van der Waals surface area contributed by atoms with Crippen LogP contribution in [0.2, 0.25) is 5.02 Å². The van der Waals surface area contributed by atoms with E-state index in [0.29, 0.717) is 11.0 Å². The van der Waals surface area contributed by atoms with Crippen molar-refractivity contribution >= 4 is 35.0 Å². The van der Waals surface area contributed by atoms with E-state index in [1.807, 2.05) is 0 Å². The first kappa shape index (κ1) is 17.6. The molecule has 0 aliphatic rings. The maximum atomic E-state index is 12.8. The number of halogens is 4. The highest BCUT2D eigenvalue weighted by Gasteiger charge is 2.33. The van der Waals surface area contributed by atoms with Crippen molar-refractivity contribution in [3.63, 3.8) is 0 Å². The van der Waals surface area contributed by atoms with E-state index in [2.05, 4.69) is 20.5 Å². The number of rotatable bonds is 4. The number of H-pyrrole nitrogens is 1. The van der Waals surface area contributed by atoms with Crippen LogP contribution >= 0.6 is 23.4 Å². The summed E-state index contributed by atoms with van der Waals surface area (Å²) in [4.78, 5) is 16.1. The highest BCUT2D eigenvalue weighted by molar-refractivity contribution is 8.00. The summed E-state index contributed by atoms with van der Waals surface area (Å²) >= 11 is 6.62. The van der Waals surface area contributed by atoms with Gasteiger partial charge in [0.05, 0.1) is 15.8 Å². The highest BCUT2D eigenvalue weighted by atomic mass is 35.5. The number of amides is 1. The number of thioether (sulfide) groups is 1. The fraction of sp³-hybridized carbons (Fsp3) is 0.308. The minimum Gasteiger partial charge on any atom is -0.325 e. The van der Waals surface area contributed by atoms with E-state index in [4.69, 9.17) is 11.6 Å². The van der Waals surface area contributed by atoms with Gasteiger partial charge in [-0.3, -0.25) is 9.89 Å². The molecule has 10 heteroatoms. The third kappa shape index (κ3) is 4.61. The molecule has 1 heterocycles. The molecular weight excluding hydrogens is 353 g/mol. The molecule has 0 bridgehead atoms. The quantitative estimate of drug-likeness (QED) is 0.807. The minimum atomic E-state index is -4.59. The standard InChI is InChI=1S/C13H12ClF3N4OS/c1-6(23-12-18-7(2)20-21-12)11(22)19-8-3-4-10(14)9(5-8)13(15,16)17/h3-6H,1-2H3,(H,19,22)(H,18,20,21). The Bertz CT molecular complexity index is 719. The Balaban J connectivity index is 2.08. The molecule has 1 aromatic carbocycles. The van der Waals surface area contributed by atoms with Crippen molar-refractivity contribution in [2.45, 2.75) is 30.4 Å². The molecule has 124 valence electrons. The molecule has 0 saturated heterocycles. The Kier molecular flexibility index (Phi) is 5.20. The average Bonchev–Trinajstić information content (AvgIpc) is 2.85. The number of hydrogen-bond donors (Lipinski definition) is 2. The monoisotopic (exact) mass is 364 g/mol. The number of anilines is 1. The smallest absolute Gasteiger partial charge is 0.325 e. The van der Waals surface area contributed by atoms with Gasteiger partial charge < -0.3 is 5.32 Å². The SMILES string of the molecule is Cc1nc(SC(C)C(=O)Nc2ccc(Cl)c(C(F)(F)F)c2)n[nH]1. The number of aromatic nitrogens is 3. The van der Waals surface area contributed by atoms with Gasteiger partial charge in [0.15, 0.2) is 0 Å². The number of nitrogens with zero attached hydrogens (tertiary/aromatic N) is 2.